The van der Waals surface area contributed by atoms with E-state index in [1.165, 1.54) is 18.6 Å². The van der Waals surface area contributed by atoms with Crippen LogP contribution in [0.2, 0.25) is 0 Å². The molecular weight excluding hydrogens is 208 g/mol. The van der Waals surface area contributed by atoms with E-state index in [0.717, 1.165) is 25.3 Å². The lowest BCUT2D eigenvalue weighted by atomic mass is 9.87. The van der Waals surface area contributed by atoms with Gasteiger partial charge in [-0.3, -0.25) is 0 Å². The van der Waals surface area contributed by atoms with Crippen LogP contribution in [-0.4, -0.2) is 6.04 Å². The highest BCUT2D eigenvalue weighted by Crippen LogP contribution is 2.27. The average Bonchev–Trinajstić information content (AvgIpc) is 2.24. The number of anilines is 1. The van der Waals surface area contributed by atoms with Gasteiger partial charge < -0.3 is 5.32 Å². The number of halogens is 2. The highest BCUT2D eigenvalue weighted by Gasteiger charge is 2.19. The van der Waals surface area contributed by atoms with E-state index in [-0.39, 0.29) is 11.9 Å². The summed E-state index contributed by atoms with van der Waals surface area (Å²) in [6.45, 7) is 2.20. The van der Waals surface area contributed by atoms with Crippen LogP contribution in [0.15, 0.2) is 18.2 Å². The quantitative estimate of drug-likeness (QED) is 0.803. The second-order valence-corrected chi connectivity index (χ2v) is 4.74. The first-order valence-corrected chi connectivity index (χ1v) is 5.87. The summed E-state index contributed by atoms with van der Waals surface area (Å²) in [4.78, 5) is 0. The lowest BCUT2D eigenvalue weighted by molar-refractivity contribution is 0.358. The fourth-order valence-electron chi connectivity index (χ4n) is 2.39. The summed E-state index contributed by atoms with van der Waals surface area (Å²) in [6.07, 6.45) is 4.48. The van der Waals surface area contributed by atoms with Gasteiger partial charge in [-0.25, -0.2) is 8.78 Å². The maximum absolute atomic E-state index is 13.4. The maximum atomic E-state index is 13.4. The van der Waals surface area contributed by atoms with Crippen LogP contribution in [0.25, 0.3) is 0 Å². The Bertz CT molecular complexity index is 365. The Morgan fingerprint density at radius 2 is 2.06 bits per heavy atom. The Kier molecular flexibility index (Phi) is 3.42. The number of nitrogens with one attached hydrogen (secondary N) is 1. The molecule has 2 atom stereocenters. The van der Waals surface area contributed by atoms with Crippen molar-refractivity contribution in [2.75, 3.05) is 5.32 Å². The predicted octanol–water partition coefficient (Wildman–Crippen LogP) is 3.96. The molecule has 1 aromatic rings. The third-order valence-corrected chi connectivity index (χ3v) is 3.22. The van der Waals surface area contributed by atoms with Crippen LogP contribution in [0.3, 0.4) is 0 Å². The fraction of sp³-hybridized carbons (Fsp3) is 0.538. The van der Waals surface area contributed by atoms with Gasteiger partial charge in [-0.1, -0.05) is 19.8 Å². The van der Waals surface area contributed by atoms with Crippen LogP contribution in [0, 0.1) is 17.6 Å². The largest absolute Gasteiger partial charge is 0.380 e. The van der Waals surface area contributed by atoms with Crippen molar-refractivity contribution in [3.8, 4) is 0 Å². The lowest BCUT2D eigenvalue weighted by Gasteiger charge is -2.28. The Labute approximate surface area is 94.9 Å². The number of rotatable bonds is 2. The lowest BCUT2D eigenvalue weighted by Crippen LogP contribution is -2.26. The third-order valence-electron chi connectivity index (χ3n) is 3.22. The number of hydrogen-bond donors (Lipinski definition) is 1. The fourth-order valence-corrected chi connectivity index (χ4v) is 2.39. The van der Waals surface area contributed by atoms with Gasteiger partial charge in [0.05, 0.1) is 5.69 Å². The first-order valence-electron chi connectivity index (χ1n) is 5.87. The van der Waals surface area contributed by atoms with E-state index < -0.39 is 5.82 Å². The third kappa shape index (κ3) is 2.71. The van der Waals surface area contributed by atoms with E-state index in [4.69, 9.17) is 0 Å². The molecule has 0 heterocycles. The van der Waals surface area contributed by atoms with Crippen LogP contribution in [0.1, 0.15) is 32.6 Å². The Balaban J connectivity index is 2.05. The minimum Gasteiger partial charge on any atom is -0.380 e. The second-order valence-electron chi connectivity index (χ2n) is 4.74. The standard InChI is InChI=1S/C13H17F2N/c1-9-3-2-4-11(7-9)16-13-8-10(14)5-6-12(13)15/h5-6,8-9,11,16H,2-4,7H2,1H3. The first-order chi connectivity index (χ1) is 7.65. The molecule has 0 aliphatic heterocycles. The summed E-state index contributed by atoms with van der Waals surface area (Å²) < 4.78 is 26.4. The normalized spacial score (nSPS) is 25.4. The van der Waals surface area contributed by atoms with E-state index in [1.807, 2.05) is 0 Å². The SMILES string of the molecule is CC1CCCC(Nc2cc(F)ccc2F)C1. The molecule has 1 aliphatic carbocycles. The molecule has 2 rings (SSSR count). The monoisotopic (exact) mass is 225 g/mol. The van der Waals surface area contributed by atoms with Gasteiger partial charge in [0.1, 0.15) is 11.6 Å². The molecule has 1 N–H and O–H groups in total. The zero-order chi connectivity index (χ0) is 11.5. The van der Waals surface area contributed by atoms with Crippen LogP contribution < -0.4 is 5.32 Å². The minimum atomic E-state index is -0.396. The Morgan fingerprint density at radius 3 is 2.81 bits per heavy atom. The molecule has 0 spiro atoms. The van der Waals surface area contributed by atoms with Gasteiger partial charge in [-0.2, -0.15) is 0 Å². The molecule has 0 amide bonds. The molecule has 0 bridgehead atoms. The molecule has 0 saturated heterocycles. The zero-order valence-corrected chi connectivity index (χ0v) is 9.47. The summed E-state index contributed by atoms with van der Waals surface area (Å²) in [5, 5.41) is 3.11. The van der Waals surface area contributed by atoms with Gasteiger partial charge in [0.25, 0.3) is 0 Å². The van der Waals surface area contributed by atoms with Crippen molar-refractivity contribution in [3.63, 3.8) is 0 Å². The topological polar surface area (TPSA) is 12.0 Å². The summed E-state index contributed by atoms with van der Waals surface area (Å²) in [5.74, 6) is -0.102. The summed E-state index contributed by atoms with van der Waals surface area (Å²) in [5.41, 5.74) is 0.291. The number of hydrogen-bond acceptors (Lipinski definition) is 1. The zero-order valence-electron chi connectivity index (χ0n) is 9.47. The van der Waals surface area contributed by atoms with E-state index >= 15 is 0 Å². The van der Waals surface area contributed by atoms with Gasteiger partial charge >= 0.3 is 0 Å². The molecule has 1 nitrogen and oxygen atoms in total. The van der Waals surface area contributed by atoms with Crippen molar-refractivity contribution >= 4 is 5.69 Å². The van der Waals surface area contributed by atoms with E-state index in [1.54, 1.807) is 0 Å². The van der Waals surface area contributed by atoms with Crippen molar-refractivity contribution in [2.24, 2.45) is 5.92 Å². The highest BCUT2D eigenvalue weighted by molar-refractivity contribution is 5.45. The van der Waals surface area contributed by atoms with Crippen LogP contribution in [0.5, 0.6) is 0 Å². The average molecular weight is 225 g/mol. The molecule has 0 aromatic heterocycles. The molecule has 1 saturated carbocycles. The molecule has 3 heteroatoms. The molecule has 1 fully saturated rings. The van der Waals surface area contributed by atoms with Crippen LogP contribution in [0.4, 0.5) is 14.5 Å². The van der Waals surface area contributed by atoms with E-state index in [0.29, 0.717) is 11.6 Å². The molecule has 1 aliphatic rings. The van der Waals surface area contributed by atoms with E-state index in [2.05, 4.69) is 12.2 Å². The second kappa shape index (κ2) is 4.81. The maximum Gasteiger partial charge on any atom is 0.146 e. The van der Waals surface area contributed by atoms with Crippen molar-refractivity contribution in [3.05, 3.63) is 29.8 Å². The van der Waals surface area contributed by atoms with Gasteiger partial charge in [0, 0.05) is 6.04 Å². The van der Waals surface area contributed by atoms with E-state index in [9.17, 15) is 8.78 Å². The summed E-state index contributed by atoms with van der Waals surface area (Å²) in [6, 6.07) is 3.82. The van der Waals surface area contributed by atoms with Crippen molar-refractivity contribution in [2.45, 2.75) is 38.6 Å². The molecule has 88 valence electrons. The summed E-state index contributed by atoms with van der Waals surface area (Å²) >= 11 is 0. The van der Waals surface area contributed by atoms with Gasteiger partial charge in [-0.15, -0.1) is 0 Å². The van der Waals surface area contributed by atoms with Crippen LogP contribution in [-0.2, 0) is 0 Å². The molecule has 16 heavy (non-hydrogen) atoms. The Morgan fingerprint density at radius 1 is 1.25 bits per heavy atom. The Hall–Kier alpha value is -1.12. The van der Waals surface area contributed by atoms with Crippen LogP contribution >= 0.6 is 0 Å². The van der Waals surface area contributed by atoms with Crippen molar-refractivity contribution < 1.29 is 8.78 Å². The van der Waals surface area contributed by atoms with Gasteiger partial charge in [-0.05, 0) is 37.0 Å². The van der Waals surface area contributed by atoms with Gasteiger partial charge in [0.15, 0.2) is 0 Å². The molecule has 0 radical (unpaired) electrons. The van der Waals surface area contributed by atoms with Crippen molar-refractivity contribution in [1.29, 1.82) is 0 Å². The van der Waals surface area contributed by atoms with Crippen molar-refractivity contribution in [1.82, 2.24) is 0 Å². The molecular formula is C13H17F2N. The molecule has 1 aromatic carbocycles. The predicted molar refractivity (Wildman–Crippen MR) is 61.4 cm³/mol. The first kappa shape index (κ1) is 11.4. The minimum absolute atomic E-state index is 0.278. The smallest absolute Gasteiger partial charge is 0.146 e. The van der Waals surface area contributed by atoms with Gasteiger partial charge in [0.2, 0.25) is 0 Å². The number of benzene rings is 1. The summed E-state index contributed by atoms with van der Waals surface area (Å²) in [7, 11) is 0. The molecule has 2 unspecified atom stereocenters. The highest BCUT2D eigenvalue weighted by atomic mass is 19.1.